The van der Waals surface area contributed by atoms with Crippen molar-refractivity contribution in [2.75, 3.05) is 0 Å². The van der Waals surface area contributed by atoms with Gasteiger partial charge in [-0.3, -0.25) is 14.4 Å². The molecule has 0 heterocycles. The van der Waals surface area contributed by atoms with Crippen LogP contribution in [0.5, 0.6) is 0 Å². The van der Waals surface area contributed by atoms with Gasteiger partial charge in [0, 0.05) is 24.3 Å². The van der Waals surface area contributed by atoms with Crippen molar-refractivity contribution in [1.29, 1.82) is 0 Å². The van der Waals surface area contributed by atoms with Gasteiger partial charge in [0.15, 0.2) is 5.78 Å². The van der Waals surface area contributed by atoms with Crippen molar-refractivity contribution in [2.24, 2.45) is 5.92 Å². The van der Waals surface area contributed by atoms with Crippen LogP contribution in [0, 0.1) is 26.7 Å². The Balaban J connectivity index is 1.75. The van der Waals surface area contributed by atoms with Gasteiger partial charge < -0.3 is 5.32 Å². The van der Waals surface area contributed by atoms with Crippen molar-refractivity contribution in [1.82, 2.24) is 5.32 Å². The molecule has 1 N–H and O–H groups in total. The van der Waals surface area contributed by atoms with E-state index >= 15 is 0 Å². The molecule has 4 heteroatoms. The topological polar surface area (TPSA) is 63.2 Å². The van der Waals surface area contributed by atoms with Gasteiger partial charge in [-0.15, -0.1) is 0 Å². The number of benzene rings is 1. The molecule has 0 saturated heterocycles. The number of rotatable bonds is 4. The zero-order chi connectivity index (χ0) is 18.4. The quantitative estimate of drug-likeness (QED) is 0.855. The Kier molecular flexibility index (Phi) is 4.56. The van der Waals surface area contributed by atoms with E-state index in [-0.39, 0.29) is 35.9 Å². The molecule has 0 radical (unpaired) electrons. The molecule has 0 spiro atoms. The minimum Gasteiger partial charge on any atom is -0.351 e. The molecule has 1 aromatic rings. The highest BCUT2D eigenvalue weighted by atomic mass is 16.2. The first-order chi connectivity index (χ1) is 11.7. The van der Waals surface area contributed by atoms with E-state index in [2.05, 4.69) is 5.32 Å². The predicted molar refractivity (Wildman–Crippen MR) is 96.5 cm³/mol. The van der Waals surface area contributed by atoms with Crippen LogP contribution in [0.1, 0.15) is 67.2 Å². The standard InChI is InChI=1S/C21H27NO3/c1-12-8-13(2)18(14(3)9-12)19-16(23)10-15(20(19)25)11-17(24)22-21(4)6-5-7-21/h8-9,15,19H,5-7,10-11H2,1-4H3,(H,22,24). The van der Waals surface area contributed by atoms with Crippen molar-refractivity contribution in [2.45, 2.75) is 71.3 Å². The van der Waals surface area contributed by atoms with Crippen molar-refractivity contribution < 1.29 is 14.4 Å². The minimum absolute atomic E-state index is 0.0484. The number of hydrogen-bond donors (Lipinski definition) is 1. The molecule has 134 valence electrons. The van der Waals surface area contributed by atoms with E-state index in [1.807, 2.05) is 39.8 Å². The maximum atomic E-state index is 12.9. The lowest BCUT2D eigenvalue weighted by Gasteiger charge is -2.39. The molecular weight excluding hydrogens is 314 g/mol. The fourth-order valence-corrected chi connectivity index (χ4v) is 4.42. The summed E-state index contributed by atoms with van der Waals surface area (Å²) >= 11 is 0. The molecule has 2 saturated carbocycles. The highest BCUT2D eigenvalue weighted by Crippen LogP contribution is 2.38. The first kappa shape index (κ1) is 17.8. The molecule has 0 aromatic heterocycles. The van der Waals surface area contributed by atoms with Gasteiger partial charge in [0.05, 0.1) is 0 Å². The Morgan fingerprint density at radius 2 is 1.76 bits per heavy atom. The van der Waals surface area contributed by atoms with Gasteiger partial charge in [0.25, 0.3) is 0 Å². The van der Waals surface area contributed by atoms with Gasteiger partial charge in [0.2, 0.25) is 5.91 Å². The van der Waals surface area contributed by atoms with E-state index in [4.69, 9.17) is 0 Å². The molecule has 1 amide bonds. The summed E-state index contributed by atoms with van der Waals surface area (Å²) in [6.07, 6.45) is 3.41. The van der Waals surface area contributed by atoms with Gasteiger partial charge in [-0.2, -0.15) is 0 Å². The maximum Gasteiger partial charge on any atom is 0.221 e. The first-order valence-corrected chi connectivity index (χ1v) is 9.15. The van der Waals surface area contributed by atoms with Crippen molar-refractivity contribution >= 4 is 17.5 Å². The summed E-state index contributed by atoms with van der Waals surface area (Å²) in [4.78, 5) is 37.8. The number of nitrogens with one attached hydrogen (secondary N) is 1. The van der Waals surface area contributed by atoms with E-state index in [0.717, 1.165) is 41.5 Å². The zero-order valence-electron chi connectivity index (χ0n) is 15.6. The smallest absolute Gasteiger partial charge is 0.221 e. The van der Waals surface area contributed by atoms with Crippen LogP contribution in [0.3, 0.4) is 0 Å². The normalized spacial score (nSPS) is 25.0. The van der Waals surface area contributed by atoms with Crippen LogP contribution in [0.2, 0.25) is 0 Å². The lowest BCUT2D eigenvalue weighted by atomic mass is 9.78. The average Bonchev–Trinajstić information content (AvgIpc) is 2.72. The van der Waals surface area contributed by atoms with Gasteiger partial charge in [-0.25, -0.2) is 0 Å². The fourth-order valence-electron chi connectivity index (χ4n) is 4.42. The summed E-state index contributed by atoms with van der Waals surface area (Å²) in [5, 5.41) is 3.04. The average molecular weight is 341 g/mol. The van der Waals surface area contributed by atoms with Crippen molar-refractivity contribution in [3.8, 4) is 0 Å². The second-order valence-electron chi connectivity index (χ2n) is 8.18. The SMILES string of the molecule is Cc1cc(C)c(C2C(=O)CC(CC(=O)NC3(C)CCC3)C2=O)c(C)c1. The molecule has 2 atom stereocenters. The summed E-state index contributed by atoms with van der Waals surface area (Å²) in [6, 6.07) is 4.03. The summed E-state index contributed by atoms with van der Waals surface area (Å²) in [5.74, 6) is -1.42. The van der Waals surface area contributed by atoms with Crippen LogP contribution in [-0.2, 0) is 14.4 Å². The van der Waals surface area contributed by atoms with Crippen LogP contribution in [0.4, 0.5) is 0 Å². The number of carbonyl (C=O) groups is 3. The lowest BCUT2D eigenvalue weighted by Crippen LogP contribution is -2.51. The maximum absolute atomic E-state index is 12.9. The summed E-state index contributed by atoms with van der Waals surface area (Å²) in [5.41, 5.74) is 3.81. The first-order valence-electron chi connectivity index (χ1n) is 9.15. The number of amides is 1. The third-order valence-electron chi connectivity index (χ3n) is 5.81. The highest BCUT2D eigenvalue weighted by Gasteiger charge is 2.44. The number of aryl methyl sites for hydroxylation is 3. The molecule has 2 aliphatic rings. The summed E-state index contributed by atoms with van der Waals surface area (Å²) in [6.45, 7) is 7.95. The summed E-state index contributed by atoms with van der Waals surface area (Å²) < 4.78 is 0. The van der Waals surface area contributed by atoms with E-state index in [0.29, 0.717) is 0 Å². The number of carbonyl (C=O) groups excluding carboxylic acids is 3. The number of Topliss-reactive ketones (excluding diaryl/α,β-unsaturated/α-hetero) is 2. The number of ketones is 2. The van der Waals surface area contributed by atoms with Gasteiger partial charge >= 0.3 is 0 Å². The van der Waals surface area contributed by atoms with Crippen LogP contribution in [0.25, 0.3) is 0 Å². The molecule has 0 aliphatic heterocycles. The Morgan fingerprint density at radius 3 is 2.28 bits per heavy atom. The Labute approximate surface area is 149 Å². The Morgan fingerprint density at radius 1 is 1.16 bits per heavy atom. The van der Waals surface area contributed by atoms with E-state index in [1.165, 1.54) is 0 Å². The van der Waals surface area contributed by atoms with E-state index in [9.17, 15) is 14.4 Å². The second kappa shape index (κ2) is 6.40. The molecule has 3 rings (SSSR count). The summed E-state index contributed by atoms with van der Waals surface area (Å²) in [7, 11) is 0. The van der Waals surface area contributed by atoms with Gasteiger partial charge in [-0.1, -0.05) is 17.7 Å². The van der Waals surface area contributed by atoms with Crippen LogP contribution < -0.4 is 5.32 Å². The van der Waals surface area contributed by atoms with Crippen LogP contribution in [0.15, 0.2) is 12.1 Å². The minimum atomic E-state index is -0.697. The Hall–Kier alpha value is -1.97. The molecule has 1 aromatic carbocycles. The fraction of sp³-hybridized carbons (Fsp3) is 0.571. The Bertz CT molecular complexity index is 723. The van der Waals surface area contributed by atoms with Crippen molar-refractivity contribution in [3.63, 3.8) is 0 Å². The van der Waals surface area contributed by atoms with Crippen LogP contribution >= 0.6 is 0 Å². The third kappa shape index (κ3) is 3.39. The molecule has 25 heavy (non-hydrogen) atoms. The largest absolute Gasteiger partial charge is 0.351 e. The zero-order valence-corrected chi connectivity index (χ0v) is 15.6. The van der Waals surface area contributed by atoms with Gasteiger partial charge in [0.1, 0.15) is 11.7 Å². The second-order valence-corrected chi connectivity index (χ2v) is 8.18. The molecule has 2 fully saturated rings. The monoisotopic (exact) mass is 341 g/mol. The molecule has 4 nitrogen and oxygen atoms in total. The number of hydrogen-bond acceptors (Lipinski definition) is 3. The van der Waals surface area contributed by atoms with E-state index < -0.39 is 11.8 Å². The highest BCUT2D eigenvalue weighted by molar-refractivity contribution is 6.15. The van der Waals surface area contributed by atoms with Crippen molar-refractivity contribution in [3.05, 3.63) is 34.4 Å². The molecule has 2 aliphatic carbocycles. The van der Waals surface area contributed by atoms with Gasteiger partial charge in [-0.05, 0) is 63.6 Å². The van der Waals surface area contributed by atoms with Crippen LogP contribution in [-0.4, -0.2) is 23.0 Å². The lowest BCUT2D eigenvalue weighted by molar-refractivity contribution is -0.130. The molecular formula is C21H27NO3. The predicted octanol–water partition coefficient (Wildman–Crippen LogP) is 3.30. The molecule has 2 unspecified atom stereocenters. The third-order valence-corrected chi connectivity index (χ3v) is 5.81. The molecule has 0 bridgehead atoms. The van der Waals surface area contributed by atoms with E-state index in [1.54, 1.807) is 0 Å².